The first-order chi connectivity index (χ1) is 19.3. The molecule has 0 saturated heterocycles. The van der Waals surface area contributed by atoms with Crippen LogP contribution in [0.2, 0.25) is 0 Å². The third kappa shape index (κ3) is 7.92. The Bertz CT molecular complexity index is 1530. The van der Waals surface area contributed by atoms with Gasteiger partial charge in [0, 0.05) is 35.9 Å². The summed E-state index contributed by atoms with van der Waals surface area (Å²) in [6.07, 6.45) is 7.94. The number of carboxylic acid groups (broad SMARTS) is 1. The van der Waals surface area contributed by atoms with Gasteiger partial charge in [-0.3, -0.25) is 9.78 Å². The Labute approximate surface area is 233 Å². The smallest absolute Gasteiger partial charge is 0.290 e. The second kappa shape index (κ2) is 14.5. The average molecular weight is 544 g/mol. The lowest BCUT2D eigenvalue weighted by Crippen LogP contribution is -2.00. The summed E-state index contributed by atoms with van der Waals surface area (Å²) in [7, 11) is 1.67. The van der Waals surface area contributed by atoms with Gasteiger partial charge < -0.3 is 14.4 Å². The summed E-state index contributed by atoms with van der Waals surface area (Å²) in [5.74, 6) is 0.941. The largest absolute Gasteiger partial charge is 0.496 e. The van der Waals surface area contributed by atoms with E-state index < -0.39 is 5.95 Å². The van der Waals surface area contributed by atoms with Gasteiger partial charge in [0.2, 0.25) is 5.95 Å². The molecule has 4 aromatic heterocycles. The molecular formula is C31H34FN5O3. The average Bonchev–Trinajstić information content (AvgIpc) is 3.36. The maximum atomic E-state index is 13.3. The number of imidazole rings is 1. The number of nitrogens with zero attached hydrogens (tertiary/aromatic N) is 5. The fourth-order valence-corrected chi connectivity index (χ4v) is 3.95. The lowest BCUT2D eigenvalue weighted by atomic mass is 10.1. The van der Waals surface area contributed by atoms with Crippen molar-refractivity contribution in [3.05, 3.63) is 102 Å². The van der Waals surface area contributed by atoms with Gasteiger partial charge in [0.15, 0.2) is 5.65 Å². The molecule has 0 aliphatic rings. The predicted molar refractivity (Wildman–Crippen MR) is 154 cm³/mol. The highest BCUT2D eigenvalue weighted by molar-refractivity contribution is 5.78. The standard InChI is InChI=1S/C20H17FN4O.C10H15N.CH2O2/c1-13-3-4-14(7-18(13)26-2)11-25-12-24-17-8-16(10-23-20(17)25)15-5-6-22-19(21)9-15;1-4-10-6-5-9(7-11-10)8(2)3;2-1-3/h3-10,12H,11H2,1-2H3;5-8H,4H2,1-3H3;1H,(H,2,3). The molecule has 5 aromatic rings. The van der Waals surface area contributed by atoms with Crippen LogP contribution in [-0.4, -0.2) is 43.2 Å². The van der Waals surface area contributed by atoms with Crippen molar-refractivity contribution in [1.29, 1.82) is 0 Å². The van der Waals surface area contributed by atoms with Crippen LogP contribution < -0.4 is 4.74 Å². The van der Waals surface area contributed by atoms with Crippen molar-refractivity contribution in [1.82, 2.24) is 24.5 Å². The second-order valence-electron chi connectivity index (χ2n) is 9.31. The van der Waals surface area contributed by atoms with Crippen molar-refractivity contribution in [2.75, 3.05) is 7.11 Å². The number of fused-ring (bicyclic) bond motifs is 1. The second-order valence-corrected chi connectivity index (χ2v) is 9.31. The van der Waals surface area contributed by atoms with Crippen LogP contribution in [0.3, 0.4) is 0 Å². The Morgan fingerprint density at radius 3 is 2.40 bits per heavy atom. The van der Waals surface area contributed by atoms with Crippen molar-refractivity contribution < 1.29 is 19.0 Å². The third-order valence-corrected chi connectivity index (χ3v) is 6.22. The lowest BCUT2D eigenvalue weighted by molar-refractivity contribution is -0.122. The van der Waals surface area contributed by atoms with Crippen molar-refractivity contribution >= 4 is 17.6 Å². The molecule has 5 rings (SSSR count). The van der Waals surface area contributed by atoms with Crippen LogP contribution >= 0.6 is 0 Å². The van der Waals surface area contributed by atoms with Crippen LogP contribution in [-0.2, 0) is 17.8 Å². The molecule has 40 heavy (non-hydrogen) atoms. The molecule has 0 radical (unpaired) electrons. The Morgan fingerprint density at radius 2 is 1.77 bits per heavy atom. The van der Waals surface area contributed by atoms with Gasteiger partial charge in [-0.05, 0) is 65.8 Å². The van der Waals surface area contributed by atoms with Crippen LogP contribution in [0.4, 0.5) is 4.39 Å². The maximum Gasteiger partial charge on any atom is 0.290 e. The highest BCUT2D eigenvalue weighted by Crippen LogP contribution is 2.24. The Kier molecular flexibility index (Phi) is 10.8. The normalized spacial score (nSPS) is 10.4. The van der Waals surface area contributed by atoms with Crippen LogP contribution in [0.15, 0.2) is 73.4 Å². The molecule has 0 fully saturated rings. The molecule has 0 spiro atoms. The van der Waals surface area contributed by atoms with Gasteiger partial charge in [-0.1, -0.05) is 39.0 Å². The number of aryl methyl sites for hydroxylation is 2. The number of hydrogen-bond acceptors (Lipinski definition) is 6. The maximum absolute atomic E-state index is 13.3. The Balaban J connectivity index is 0.000000263. The molecule has 0 atom stereocenters. The first-order valence-electron chi connectivity index (χ1n) is 12.9. The zero-order valence-electron chi connectivity index (χ0n) is 23.4. The summed E-state index contributed by atoms with van der Waals surface area (Å²) in [6.45, 7) is 8.90. The molecule has 1 aromatic carbocycles. The highest BCUT2D eigenvalue weighted by Gasteiger charge is 2.09. The van der Waals surface area contributed by atoms with E-state index >= 15 is 0 Å². The van der Waals surface area contributed by atoms with Crippen LogP contribution in [0.1, 0.15) is 49.1 Å². The minimum Gasteiger partial charge on any atom is -0.496 e. The summed E-state index contributed by atoms with van der Waals surface area (Å²) in [5.41, 5.74) is 7.77. The molecule has 0 bridgehead atoms. The number of pyridine rings is 3. The quantitative estimate of drug-likeness (QED) is 0.193. The molecule has 0 unspecified atom stereocenters. The number of ether oxygens (including phenoxy) is 1. The first kappa shape index (κ1) is 29.9. The fourth-order valence-electron chi connectivity index (χ4n) is 3.95. The van der Waals surface area contributed by atoms with E-state index in [0.717, 1.165) is 45.6 Å². The number of benzene rings is 1. The van der Waals surface area contributed by atoms with E-state index in [1.807, 2.05) is 35.9 Å². The van der Waals surface area contributed by atoms with Crippen molar-refractivity contribution in [3.63, 3.8) is 0 Å². The van der Waals surface area contributed by atoms with E-state index in [-0.39, 0.29) is 6.47 Å². The van der Waals surface area contributed by atoms with Gasteiger partial charge >= 0.3 is 0 Å². The van der Waals surface area contributed by atoms with Crippen molar-refractivity contribution in [2.45, 2.75) is 46.6 Å². The minimum atomic E-state index is -0.513. The van der Waals surface area contributed by atoms with Gasteiger partial charge in [-0.25, -0.2) is 15.0 Å². The van der Waals surface area contributed by atoms with Crippen molar-refractivity contribution in [3.8, 4) is 16.9 Å². The monoisotopic (exact) mass is 543 g/mol. The number of aromatic nitrogens is 5. The summed E-state index contributed by atoms with van der Waals surface area (Å²) in [6, 6.07) is 15.4. The molecule has 0 amide bonds. The van der Waals surface area contributed by atoms with Gasteiger partial charge in [0.05, 0.1) is 20.0 Å². The molecule has 0 saturated carbocycles. The molecule has 0 aliphatic heterocycles. The van der Waals surface area contributed by atoms with E-state index in [9.17, 15) is 4.39 Å². The zero-order chi connectivity index (χ0) is 29.1. The first-order valence-corrected chi connectivity index (χ1v) is 12.9. The number of methoxy groups -OCH3 is 1. The van der Waals surface area contributed by atoms with Crippen molar-refractivity contribution in [2.24, 2.45) is 0 Å². The predicted octanol–water partition coefficient (Wildman–Crippen LogP) is 6.47. The summed E-state index contributed by atoms with van der Waals surface area (Å²) < 4.78 is 20.7. The molecule has 8 nitrogen and oxygen atoms in total. The molecule has 0 aliphatic carbocycles. The van der Waals surface area contributed by atoms with Crippen LogP contribution in [0, 0.1) is 12.9 Å². The van der Waals surface area contributed by atoms with E-state index in [2.05, 4.69) is 58.9 Å². The van der Waals surface area contributed by atoms with Gasteiger partial charge in [-0.15, -0.1) is 0 Å². The van der Waals surface area contributed by atoms with Crippen LogP contribution in [0.25, 0.3) is 22.3 Å². The fraction of sp³-hybridized carbons (Fsp3) is 0.258. The number of hydrogen-bond donors (Lipinski definition) is 1. The Hall–Kier alpha value is -4.66. The number of rotatable bonds is 6. The van der Waals surface area contributed by atoms with E-state index in [4.69, 9.17) is 14.6 Å². The van der Waals surface area contributed by atoms with E-state index in [1.54, 1.807) is 25.7 Å². The minimum absolute atomic E-state index is 0.250. The Morgan fingerprint density at radius 1 is 1.00 bits per heavy atom. The van der Waals surface area contributed by atoms with Crippen LogP contribution in [0.5, 0.6) is 5.75 Å². The molecule has 9 heteroatoms. The van der Waals surface area contributed by atoms with Gasteiger partial charge in [-0.2, -0.15) is 4.39 Å². The third-order valence-electron chi connectivity index (χ3n) is 6.22. The lowest BCUT2D eigenvalue weighted by Gasteiger charge is -2.09. The SMILES string of the molecule is CCc1ccc(C(C)C)cn1.COc1cc(Cn2cnc3cc(-c4ccnc(F)c4)cnc32)ccc1C.O=CO. The molecule has 4 heterocycles. The summed E-state index contributed by atoms with van der Waals surface area (Å²) in [5, 5.41) is 6.89. The molecule has 208 valence electrons. The van der Waals surface area contributed by atoms with Gasteiger partial charge in [0.1, 0.15) is 11.3 Å². The molecular weight excluding hydrogens is 509 g/mol. The van der Waals surface area contributed by atoms with Gasteiger partial charge in [0.25, 0.3) is 6.47 Å². The molecule has 1 N–H and O–H groups in total. The summed E-state index contributed by atoms with van der Waals surface area (Å²) in [4.78, 5) is 25.2. The number of carbonyl (C=O) groups is 1. The number of halogens is 1. The van der Waals surface area contributed by atoms with E-state index in [1.165, 1.54) is 23.5 Å². The topological polar surface area (TPSA) is 103 Å². The summed E-state index contributed by atoms with van der Waals surface area (Å²) >= 11 is 0. The zero-order valence-corrected chi connectivity index (χ0v) is 23.4. The highest BCUT2D eigenvalue weighted by atomic mass is 19.1. The van der Waals surface area contributed by atoms with E-state index in [0.29, 0.717) is 12.5 Å².